The normalized spacial score (nSPS) is 20.3. The molecule has 33 heavy (non-hydrogen) atoms. The first-order valence-corrected chi connectivity index (χ1v) is 11.7. The van der Waals surface area contributed by atoms with E-state index in [9.17, 15) is 8.78 Å². The third-order valence-electron chi connectivity index (χ3n) is 6.28. The van der Waals surface area contributed by atoms with Gasteiger partial charge >= 0.3 is 0 Å². The molecule has 0 saturated heterocycles. The van der Waals surface area contributed by atoms with Crippen molar-refractivity contribution in [3.05, 3.63) is 87.5 Å². The van der Waals surface area contributed by atoms with E-state index < -0.39 is 11.6 Å². The topological polar surface area (TPSA) is 38.4 Å². The largest absolute Gasteiger partial charge is 0.398 e. The minimum Gasteiger partial charge on any atom is -0.398 e. The Hall–Kier alpha value is -2.90. The first-order chi connectivity index (χ1) is 15.9. The van der Waals surface area contributed by atoms with Crippen LogP contribution in [-0.2, 0) is 12.8 Å². The molecule has 2 aliphatic rings. The molecule has 1 aliphatic carbocycles. The van der Waals surface area contributed by atoms with E-state index in [0.717, 1.165) is 47.7 Å². The van der Waals surface area contributed by atoms with Gasteiger partial charge < -0.3 is 5.73 Å². The van der Waals surface area contributed by atoms with Crippen molar-refractivity contribution in [2.45, 2.75) is 51.5 Å². The molecular weight excluding hydrogens is 438 g/mol. The number of hydrogen-bond donors (Lipinski definition) is 1. The average Bonchev–Trinajstić information content (AvgIpc) is 2.77. The van der Waals surface area contributed by atoms with Crippen LogP contribution in [-0.4, -0.2) is 11.8 Å². The van der Waals surface area contributed by atoms with Crippen LogP contribution in [0, 0.1) is 29.4 Å². The molecule has 1 heterocycles. The highest BCUT2D eigenvalue weighted by atomic mass is 35.5. The molecule has 3 unspecified atom stereocenters. The van der Waals surface area contributed by atoms with Crippen molar-refractivity contribution in [1.29, 1.82) is 0 Å². The van der Waals surface area contributed by atoms with Gasteiger partial charge in [-0.05, 0) is 72.1 Å². The number of hydrogen-bond acceptors (Lipinski definition) is 2. The maximum atomic E-state index is 13.8. The lowest BCUT2D eigenvalue weighted by Gasteiger charge is -2.33. The third-order valence-corrected chi connectivity index (χ3v) is 6.59. The van der Waals surface area contributed by atoms with Crippen LogP contribution in [0.5, 0.6) is 0 Å². The van der Waals surface area contributed by atoms with Gasteiger partial charge in [-0.3, -0.25) is 4.99 Å². The molecule has 0 amide bonds. The molecule has 2 N–H and O–H groups in total. The van der Waals surface area contributed by atoms with Crippen molar-refractivity contribution in [2.24, 2.45) is 16.6 Å². The lowest BCUT2D eigenvalue weighted by atomic mass is 9.76. The molecule has 2 aromatic rings. The van der Waals surface area contributed by atoms with Gasteiger partial charge in [-0.1, -0.05) is 49.6 Å². The zero-order chi connectivity index (χ0) is 23.5. The zero-order valence-corrected chi connectivity index (χ0v) is 19.6. The molecule has 1 aliphatic heterocycles. The number of halogens is 3. The highest BCUT2D eigenvalue weighted by Gasteiger charge is 2.32. The van der Waals surface area contributed by atoms with Crippen molar-refractivity contribution >= 4 is 23.0 Å². The van der Waals surface area contributed by atoms with Crippen LogP contribution in [0.4, 0.5) is 8.78 Å². The van der Waals surface area contributed by atoms with Crippen LogP contribution in [0.3, 0.4) is 0 Å². The number of allylic oxidation sites excluding steroid dienone is 2. The molecule has 3 atom stereocenters. The molecule has 170 valence electrons. The molecule has 0 bridgehead atoms. The second-order valence-corrected chi connectivity index (χ2v) is 9.10. The van der Waals surface area contributed by atoms with Crippen LogP contribution in [0.1, 0.15) is 54.9 Å². The SMILES string of the molecule is CCC#CC1=NC(C(C)Cc2cc(F)cc(F)c2)C(c2ccc(Cl)c3c2CCC=C3N)C=C1. The van der Waals surface area contributed by atoms with E-state index >= 15 is 0 Å². The Labute approximate surface area is 199 Å². The summed E-state index contributed by atoms with van der Waals surface area (Å²) in [6, 6.07) is 7.51. The molecule has 0 aromatic heterocycles. The summed E-state index contributed by atoms with van der Waals surface area (Å²) >= 11 is 6.51. The fraction of sp³-hybridized carbons (Fsp3) is 0.321. The number of aliphatic imine (C=N–C) groups is 1. The summed E-state index contributed by atoms with van der Waals surface area (Å²) in [5.41, 5.74) is 11.6. The van der Waals surface area contributed by atoms with E-state index in [2.05, 4.69) is 30.9 Å². The summed E-state index contributed by atoms with van der Waals surface area (Å²) in [4.78, 5) is 5.00. The molecule has 4 rings (SSSR count). The summed E-state index contributed by atoms with van der Waals surface area (Å²) in [6.07, 6.45) is 9.11. The highest BCUT2D eigenvalue weighted by Crippen LogP contribution is 2.40. The van der Waals surface area contributed by atoms with E-state index in [0.29, 0.717) is 22.7 Å². The Bertz CT molecular complexity index is 1200. The number of benzene rings is 2. The van der Waals surface area contributed by atoms with Crippen molar-refractivity contribution in [3.8, 4) is 11.8 Å². The molecular formula is C28H27ClF2N2. The smallest absolute Gasteiger partial charge is 0.126 e. The summed E-state index contributed by atoms with van der Waals surface area (Å²) in [5.74, 6) is 5.09. The van der Waals surface area contributed by atoms with Gasteiger partial charge in [0.25, 0.3) is 0 Å². The van der Waals surface area contributed by atoms with E-state index in [4.69, 9.17) is 22.3 Å². The maximum Gasteiger partial charge on any atom is 0.126 e. The number of dihydropyridines is 1. The maximum absolute atomic E-state index is 13.8. The first kappa shape index (κ1) is 23.3. The minimum atomic E-state index is -0.565. The van der Waals surface area contributed by atoms with Gasteiger partial charge in [-0.2, -0.15) is 0 Å². The fourth-order valence-electron chi connectivity index (χ4n) is 4.84. The van der Waals surface area contributed by atoms with Crippen molar-refractivity contribution in [1.82, 2.24) is 0 Å². The highest BCUT2D eigenvalue weighted by molar-refractivity contribution is 6.32. The summed E-state index contributed by atoms with van der Waals surface area (Å²) in [6.45, 7) is 4.07. The van der Waals surface area contributed by atoms with Crippen molar-refractivity contribution in [2.75, 3.05) is 0 Å². The molecule has 0 radical (unpaired) electrons. The van der Waals surface area contributed by atoms with Gasteiger partial charge in [0.2, 0.25) is 0 Å². The monoisotopic (exact) mass is 464 g/mol. The summed E-state index contributed by atoms with van der Waals surface area (Å²) < 4.78 is 27.6. The second kappa shape index (κ2) is 9.93. The number of nitrogens with zero attached hydrogens (tertiary/aromatic N) is 1. The quantitative estimate of drug-likeness (QED) is 0.507. The van der Waals surface area contributed by atoms with Crippen molar-refractivity contribution in [3.63, 3.8) is 0 Å². The molecule has 0 saturated carbocycles. The molecule has 0 spiro atoms. The Morgan fingerprint density at radius 1 is 1.21 bits per heavy atom. The third kappa shape index (κ3) is 5.04. The Balaban J connectivity index is 1.74. The summed E-state index contributed by atoms with van der Waals surface area (Å²) in [5, 5.41) is 0.653. The predicted octanol–water partition coefficient (Wildman–Crippen LogP) is 6.62. The van der Waals surface area contributed by atoms with E-state index in [1.165, 1.54) is 12.1 Å². The van der Waals surface area contributed by atoms with Gasteiger partial charge in [0, 0.05) is 29.7 Å². The Morgan fingerprint density at radius 2 is 1.97 bits per heavy atom. The predicted molar refractivity (Wildman–Crippen MR) is 132 cm³/mol. The zero-order valence-electron chi connectivity index (χ0n) is 18.8. The molecule has 2 aromatic carbocycles. The van der Waals surface area contributed by atoms with Gasteiger partial charge in [-0.15, -0.1) is 0 Å². The second-order valence-electron chi connectivity index (χ2n) is 8.69. The number of rotatable bonds is 4. The van der Waals surface area contributed by atoms with Crippen LogP contribution >= 0.6 is 11.6 Å². The van der Waals surface area contributed by atoms with Gasteiger partial charge in [-0.25, -0.2) is 8.78 Å². The Morgan fingerprint density at radius 3 is 2.70 bits per heavy atom. The van der Waals surface area contributed by atoms with E-state index in [1.54, 1.807) is 0 Å². The minimum absolute atomic E-state index is 0.0116. The molecule has 2 nitrogen and oxygen atoms in total. The van der Waals surface area contributed by atoms with Gasteiger partial charge in [0.1, 0.15) is 17.3 Å². The summed E-state index contributed by atoms with van der Waals surface area (Å²) in [7, 11) is 0. The fourth-order valence-corrected chi connectivity index (χ4v) is 5.12. The van der Waals surface area contributed by atoms with Crippen LogP contribution in [0.25, 0.3) is 5.70 Å². The molecule has 0 fully saturated rings. The van der Waals surface area contributed by atoms with E-state index in [-0.39, 0.29) is 17.9 Å². The molecule has 5 heteroatoms. The Kier molecular flexibility index (Phi) is 7.00. The standard InChI is InChI=1S/C28H27ClF2N2/c1-3-4-6-21-9-10-24(22-11-12-25(29)27-23(22)7-5-8-26(27)32)28(33-21)17(2)13-18-14-19(30)16-20(31)15-18/h8-12,14-17,24,28H,3,5,7,13,32H2,1-2H3. The number of fused-ring (bicyclic) bond motifs is 1. The lowest BCUT2D eigenvalue weighted by molar-refractivity contribution is 0.420. The van der Waals surface area contributed by atoms with Crippen molar-refractivity contribution < 1.29 is 8.78 Å². The van der Waals surface area contributed by atoms with Crippen LogP contribution in [0.2, 0.25) is 5.02 Å². The average molecular weight is 465 g/mol. The van der Waals surface area contributed by atoms with Crippen LogP contribution in [0.15, 0.2) is 53.6 Å². The van der Waals surface area contributed by atoms with Gasteiger partial charge in [0.15, 0.2) is 0 Å². The van der Waals surface area contributed by atoms with Crippen LogP contribution < -0.4 is 5.73 Å². The lowest BCUT2D eigenvalue weighted by Crippen LogP contribution is -2.29. The van der Waals surface area contributed by atoms with E-state index in [1.807, 2.05) is 25.1 Å². The first-order valence-electron chi connectivity index (χ1n) is 11.3. The van der Waals surface area contributed by atoms with Gasteiger partial charge in [0.05, 0.1) is 11.1 Å². The number of nitrogens with two attached hydrogens (primary N) is 1.